The summed E-state index contributed by atoms with van der Waals surface area (Å²) in [7, 11) is 2.10. The highest BCUT2D eigenvalue weighted by atomic mass is 15.1. The van der Waals surface area contributed by atoms with E-state index < -0.39 is 0 Å². The number of hydrogen-bond acceptors (Lipinski definition) is 1. The molecule has 0 aliphatic heterocycles. The highest BCUT2D eigenvalue weighted by Gasteiger charge is 1.97. The van der Waals surface area contributed by atoms with Crippen LogP contribution >= 0.6 is 0 Å². The van der Waals surface area contributed by atoms with Crippen molar-refractivity contribution in [1.29, 1.82) is 0 Å². The van der Waals surface area contributed by atoms with E-state index in [4.69, 9.17) is 0 Å². The predicted octanol–water partition coefficient (Wildman–Crippen LogP) is 2.87. The fourth-order valence-electron chi connectivity index (χ4n) is 1.27. The maximum absolute atomic E-state index is 3.74. The highest BCUT2D eigenvalue weighted by Crippen LogP contribution is 2.14. The topological polar surface area (TPSA) is 3.24 Å². The van der Waals surface area contributed by atoms with Crippen LogP contribution in [0.4, 0.5) is 5.69 Å². The standard InChI is InChI=1S/C12H17N/c1-4-7-11-8-6-9-12(10-11)13(3)5-2/h4,6,8-10H,1,5,7H2,2-3H3. The van der Waals surface area contributed by atoms with Crippen LogP contribution < -0.4 is 4.90 Å². The van der Waals surface area contributed by atoms with Crippen LogP contribution in [0.15, 0.2) is 36.9 Å². The van der Waals surface area contributed by atoms with Gasteiger partial charge in [-0.2, -0.15) is 0 Å². The van der Waals surface area contributed by atoms with E-state index in [9.17, 15) is 0 Å². The second-order valence-corrected chi connectivity index (χ2v) is 3.18. The molecule has 0 saturated carbocycles. The van der Waals surface area contributed by atoms with Crippen molar-refractivity contribution in [2.75, 3.05) is 18.5 Å². The first kappa shape index (κ1) is 9.85. The van der Waals surface area contributed by atoms with Gasteiger partial charge in [0.25, 0.3) is 0 Å². The second kappa shape index (κ2) is 4.70. The normalized spacial score (nSPS) is 9.69. The van der Waals surface area contributed by atoms with Gasteiger partial charge in [0.2, 0.25) is 0 Å². The molecule has 1 nitrogen and oxygen atoms in total. The molecule has 1 rings (SSSR count). The Morgan fingerprint density at radius 2 is 2.23 bits per heavy atom. The molecule has 0 aliphatic rings. The van der Waals surface area contributed by atoms with Gasteiger partial charge in [0.15, 0.2) is 0 Å². The zero-order valence-electron chi connectivity index (χ0n) is 8.46. The lowest BCUT2D eigenvalue weighted by Crippen LogP contribution is -2.15. The fourth-order valence-corrected chi connectivity index (χ4v) is 1.27. The van der Waals surface area contributed by atoms with Crippen LogP contribution in [0.3, 0.4) is 0 Å². The number of benzene rings is 1. The molecule has 0 unspecified atom stereocenters. The Balaban J connectivity index is 2.84. The molecule has 0 atom stereocenters. The van der Waals surface area contributed by atoms with E-state index in [1.54, 1.807) is 0 Å². The molecule has 0 saturated heterocycles. The summed E-state index contributed by atoms with van der Waals surface area (Å²) in [6.45, 7) is 6.93. The van der Waals surface area contributed by atoms with Gasteiger partial charge in [0, 0.05) is 19.3 Å². The van der Waals surface area contributed by atoms with E-state index in [0.29, 0.717) is 0 Å². The predicted molar refractivity (Wildman–Crippen MR) is 59.3 cm³/mol. The Morgan fingerprint density at radius 3 is 2.85 bits per heavy atom. The Labute approximate surface area is 80.7 Å². The van der Waals surface area contributed by atoms with Crippen molar-refractivity contribution in [2.45, 2.75) is 13.3 Å². The zero-order chi connectivity index (χ0) is 9.68. The summed E-state index contributed by atoms with van der Waals surface area (Å²) in [5, 5.41) is 0. The number of rotatable bonds is 4. The molecule has 0 heterocycles. The largest absolute Gasteiger partial charge is 0.375 e. The SMILES string of the molecule is C=CCc1cccc(N(C)CC)c1. The molecule has 1 aromatic carbocycles. The van der Waals surface area contributed by atoms with Gasteiger partial charge in [-0.15, -0.1) is 6.58 Å². The Hall–Kier alpha value is -1.24. The van der Waals surface area contributed by atoms with Crippen LogP contribution in [0.5, 0.6) is 0 Å². The van der Waals surface area contributed by atoms with Gasteiger partial charge in [0.1, 0.15) is 0 Å². The third-order valence-electron chi connectivity index (χ3n) is 2.21. The summed E-state index contributed by atoms with van der Waals surface area (Å²) in [6, 6.07) is 8.58. The molecule has 0 fully saturated rings. The minimum absolute atomic E-state index is 0.950. The Bertz CT molecular complexity index is 278. The lowest BCUT2D eigenvalue weighted by Gasteiger charge is -2.17. The molecule has 0 spiro atoms. The van der Waals surface area contributed by atoms with Crippen LogP contribution in [0, 0.1) is 0 Å². The summed E-state index contributed by atoms with van der Waals surface area (Å²) in [5.41, 5.74) is 2.61. The Morgan fingerprint density at radius 1 is 1.46 bits per heavy atom. The monoisotopic (exact) mass is 175 g/mol. The van der Waals surface area contributed by atoms with Gasteiger partial charge in [-0.25, -0.2) is 0 Å². The van der Waals surface area contributed by atoms with Gasteiger partial charge >= 0.3 is 0 Å². The first-order chi connectivity index (χ1) is 6.27. The third-order valence-corrected chi connectivity index (χ3v) is 2.21. The molecule has 0 aromatic heterocycles. The van der Waals surface area contributed by atoms with Crippen molar-refractivity contribution in [3.8, 4) is 0 Å². The summed E-state index contributed by atoms with van der Waals surface area (Å²) in [5.74, 6) is 0. The molecule has 1 heteroatoms. The minimum Gasteiger partial charge on any atom is -0.375 e. The van der Waals surface area contributed by atoms with Crippen molar-refractivity contribution in [3.05, 3.63) is 42.5 Å². The zero-order valence-corrected chi connectivity index (χ0v) is 8.46. The number of nitrogens with zero attached hydrogens (tertiary/aromatic N) is 1. The van der Waals surface area contributed by atoms with Crippen LogP contribution in [0.25, 0.3) is 0 Å². The molecule has 1 aromatic rings. The van der Waals surface area contributed by atoms with Gasteiger partial charge in [-0.1, -0.05) is 18.2 Å². The average Bonchev–Trinajstić information content (AvgIpc) is 2.18. The van der Waals surface area contributed by atoms with E-state index in [2.05, 4.69) is 49.7 Å². The number of hydrogen-bond donors (Lipinski definition) is 0. The molecular weight excluding hydrogens is 158 g/mol. The Kier molecular flexibility index (Phi) is 3.56. The molecule has 13 heavy (non-hydrogen) atoms. The van der Waals surface area contributed by atoms with Crippen molar-refractivity contribution < 1.29 is 0 Å². The maximum atomic E-state index is 3.74. The summed E-state index contributed by atoms with van der Waals surface area (Å²) in [6.07, 6.45) is 2.89. The maximum Gasteiger partial charge on any atom is 0.0366 e. The van der Waals surface area contributed by atoms with E-state index in [1.807, 2.05) is 6.08 Å². The van der Waals surface area contributed by atoms with Crippen molar-refractivity contribution >= 4 is 5.69 Å². The molecule has 0 N–H and O–H groups in total. The van der Waals surface area contributed by atoms with Gasteiger partial charge in [-0.3, -0.25) is 0 Å². The second-order valence-electron chi connectivity index (χ2n) is 3.18. The van der Waals surface area contributed by atoms with Gasteiger partial charge in [0.05, 0.1) is 0 Å². The molecule has 0 bridgehead atoms. The lowest BCUT2D eigenvalue weighted by molar-refractivity contribution is 0.966. The van der Waals surface area contributed by atoms with Crippen molar-refractivity contribution in [2.24, 2.45) is 0 Å². The van der Waals surface area contributed by atoms with E-state index in [-0.39, 0.29) is 0 Å². The van der Waals surface area contributed by atoms with Crippen LogP contribution in [0.1, 0.15) is 12.5 Å². The minimum atomic E-state index is 0.950. The summed E-state index contributed by atoms with van der Waals surface area (Å²) in [4.78, 5) is 2.23. The van der Waals surface area contributed by atoms with Gasteiger partial charge in [-0.05, 0) is 31.0 Å². The molecule has 0 aliphatic carbocycles. The van der Waals surface area contributed by atoms with E-state index in [1.165, 1.54) is 11.3 Å². The third kappa shape index (κ3) is 2.62. The smallest absolute Gasteiger partial charge is 0.0366 e. The van der Waals surface area contributed by atoms with Crippen LogP contribution in [-0.4, -0.2) is 13.6 Å². The van der Waals surface area contributed by atoms with Crippen molar-refractivity contribution in [1.82, 2.24) is 0 Å². The number of anilines is 1. The van der Waals surface area contributed by atoms with Crippen LogP contribution in [-0.2, 0) is 6.42 Å². The first-order valence-electron chi connectivity index (χ1n) is 4.69. The first-order valence-corrected chi connectivity index (χ1v) is 4.69. The molecule has 70 valence electrons. The van der Waals surface area contributed by atoms with E-state index >= 15 is 0 Å². The lowest BCUT2D eigenvalue weighted by atomic mass is 10.1. The van der Waals surface area contributed by atoms with Gasteiger partial charge < -0.3 is 4.90 Å². The fraction of sp³-hybridized carbons (Fsp3) is 0.333. The molecule has 0 amide bonds. The average molecular weight is 175 g/mol. The number of allylic oxidation sites excluding steroid dienone is 1. The molecule has 0 radical (unpaired) electrons. The van der Waals surface area contributed by atoms with E-state index in [0.717, 1.165) is 13.0 Å². The van der Waals surface area contributed by atoms with Crippen molar-refractivity contribution in [3.63, 3.8) is 0 Å². The highest BCUT2D eigenvalue weighted by molar-refractivity contribution is 5.48. The quantitative estimate of drug-likeness (QED) is 0.636. The summed E-state index contributed by atoms with van der Waals surface area (Å²) < 4.78 is 0. The molecular formula is C12H17N. The summed E-state index contributed by atoms with van der Waals surface area (Å²) >= 11 is 0. The van der Waals surface area contributed by atoms with Crippen LogP contribution in [0.2, 0.25) is 0 Å².